The van der Waals surface area contributed by atoms with Crippen molar-refractivity contribution in [3.8, 4) is 0 Å². The van der Waals surface area contributed by atoms with Crippen LogP contribution >= 0.6 is 22.7 Å². The van der Waals surface area contributed by atoms with Crippen LogP contribution < -0.4 is 5.32 Å². The largest absolute Gasteiger partial charge is 0.308 e. The van der Waals surface area contributed by atoms with Gasteiger partial charge in [-0.1, -0.05) is 27.7 Å². The molecule has 0 radical (unpaired) electrons. The van der Waals surface area contributed by atoms with Crippen LogP contribution in [0, 0.1) is 0 Å². The monoisotopic (exact) mass is 293 g/mol. The van der Waals surface area contributed by atoms with Crippen LogP contribution in [0.15, 0.2) is 24.3 Å². The summed E-state index contributed by atoms with van der Waals surface area (Å²) >= 11 is 3.85. The molecule has 2 aromatic heterocycles. The van der Waals surface area contributed by atoms with E-state index < -0.39 is 0 Å². The number of thiophene rings is 2. The lowest BCUT2D eigenvalue weighted by Gasteiger charge is -2.16. The first kappa shape index (κ1) is 14.8. The van der Waals surface area contributed by atoms with E-state index in [0.29, 0.717) is 6.04 Å². The molecule has 1 unspecified atom stereocenters. The average Bonchev–Trinajstić information content (AvgIpc) is 2.98. The van der Waals surface area contributed by atoms with Crippen molar-refractivity contribution in [2.45, 2.75) is 45.6 Å². The van der Waals surface area contributed by atoms with Gasteiger partial charge in [-0.05, 0) is 43.1 Å². The third-order valence-electron chi connectivity index (χ3n) is 3.25. The van der Waals surface area contributed by atoms with Crippen LogP contribution in [0.1, 0.15) is 53.2 Å². The lowest BCUT2D eigenvalue weighted by atomic mass is 9.95. The summed E-state index contributed by atoms with van der Waals surface area (Å²) in [6.07, 6.45) is 1.12. The molecule has 2 heterocycles. The summed E-state index contributed by atoms with van der Waals surface area (Å²) in [7, 11) is 2.05. The first-order valence-electron chi connectivity index (χ1n) is 6.81. The standard InChI is InChI=1S/C16H23NS2/c1-6-11-7-8-12(18-11)15(17-5)13-9-10-14(19-13)16(2,3)4/h7-10,15,17H,6H2,1-5H3. The number of rotatable bonds is 4. The van der Waals surface area contributed by atoms with Crippen molar-refractivity contribution in [1.82, 2.24) is 5.32 Å². The molecule has 0 aliphatic rings. The molecule has 19 heavy (non-hydrogen) atoms. The molecule has 0 saturated carbocycles. The van der Waals surface area contributed by atoms with E-state index in [-0.39, 0.29) is 5.41 Å². The van der Waals surface area contributed by atoms with E-state index >= 15 is 0 Å². The van der Waals surface area contributed by atoms with Gasteiger partial charge in [0.05, 0.1) is 6.04 Å². The van der Waals surface area contributed by atoms with Crippen molar-refractivity contribution >= 4 is 22.7 Å². The molecule has 0 bridgehead atoms. The van der Waals surface area contributed by atoms with Crippen molar-refractivity contribution in [3.05, 3.63) is 43.8 Å². The van der Waals surface area contributed by atoms with E-state index in [2.05, 4.69) is 57.3 Å². The minimum Gasteiger partial charge on any atom is -0.308 e. The molecule has 0 amide bonds. The van der Waals surface area contributed by atoms with E-state index in [0.717, 1.165) is 6.42 Å². The molecule has 2 aromatic rings. The summed E-state index contributed by atoms with van der Waals surface area (Å²) in [5.41, 5.74) is 0.241. The van der Waals surface area contributed by atoms with Crippen LogP contribution in [0.25, 0.3) is 0 Å². The first-order valence-corrected chi connectivity index (χ1v) is 8.45. The first-order chi connectivity index (χ1) is 8.95. The van der Waals surface area contributed by atoms with Crippen molar-refractivity contribution in [2.24, 2.45) is 0 Å². The molecule has 0 spiro atoms. The summed E-state index contributed by atoms with van der Waals surface area (Å²) in [4.78, 5) is 5.75. The minimum atomic E-state index is 0.241. The molecule has 1 atom stereocenters. The molecule has 0 aliphatic heterocycles. The molecule has 1 N–H and O–H groups in total. The zero-order valence-corrected chi connectivity index (χ0v) is 14.0. The zero-order chi connectivity index (χ0) is 14.0. The van der Waals surface area contributed by atoms with E-state index in [9.17, 15) is 0 Å². The molecular weight excluding hydrogens is 270 g/mol. The van der Waals surface area contributed by atoms with Gasteiger partial charge in [0, 0.05) is 19.5 Å². The molecule has 1 nitrogen and oxygen atoms in total. The topological polar surface area (TPSA) is 12.0 Å². The fourth-order valence-electron chi connectivity index (χ4n) is 2.08. The van der Waals surface area contributed by atoms with Gasteiger partial charge in [0.1, 0.15) is 0 Å². The summed E-state index contributed by atoms with van der Waals surface area (Å²) in [5, 5.41) is 3.46. The van der Waals surface area contributed by atoms with Gasteiger partial charge in [0.2, 0.25) is 0 Å². The Morgan fingerprint density at radius 1 is 1.05 bits per heavy atom. The van der Waals surface area contributed by atoms with Crippen LogP contribution in [-0.4, -0.2) is 7.05 Å². The quantitative estimate of drug-likeness (QED) is 0.838. The predicted octanol–water partition coefficient (Wildman–Crippen LogP) is 4.98. The Morgan fingerprint density at radius 2 is 1.68 bits per heavy atom. The third kappa shape index (κ3) is 3.28. The van der Waals surface area contributed by atoms with Crippen LogP contribution in [0.2, 0.25) is 0 Å². The highest BCUT2D eigenvalue weighted by atomic mass is 32.1. The van der Waals surface area contributed by atoms with Crippen molar-refractivity contribution in [1.29, 1.82) is 0 Å². The van der Waals surface area contributed by atoms with Crippen molar-refractivity contribution in [2.75, 3.05) is 7.05 Å². The van der Waals surface area contributed by atoms with Crippen LogP contribution in [-0.2, 0) is 11.8 Å². The fraction of sp³-hybridized carbons (Fsp3) is 0.500. The van der Waals surface area contributed by atoms with E-state index in [1.807, 2.05) is 29.7 Å². The number of hydrogen-bond donors (Lipinski definition) is 1. The van der Waals surface area contributed by atoms with Gasteiger partial charge >= 0.3 is 0 Å². The molecule has 3 heteroatoms. The Morgan fingerprint density at radius 3 is 2.16 bits per heavy atom. The summed E-state index contributed by atoms with van der Waals surface area (Å²) in [6.45, 7) is 9.04. The van der Waals surface area contributed by atoms with Gasteiger partial charge in [-0.2, -0.15) is 0 Å². The Kier molecular flexibility index (Phi) is 4.49. The fourth-order valence-corrected chi connectivity index (χ4v) is 4.43. The SMILES string of the molecule is CCc1ccc(C(NC)c2ccc(C(C)(C)C)s2)s1. The Bertz CT molecular complexity index is 531. The Hall–Kier alpha value is -0.640. The predicted molar refractivity (Wildman–Crippen MR) is 87.6 cm³/mol. The Labute approximate surface area is 124 Å². The zero-order valence-electron chi connectivity index (χ0n) is 12.4. The van der Waals surface area contributed by atoms with Gasteiger partial charge in [-0.15, -0.1) is 22.7 Å². The maximum absolute atomic E-state index is 3.46. The normalized spacial score (nSPS) is 13.7. The average molecular weight is 294 g/mol. The van der Waals surface area contributed by atoms with Crippen molar-refractivity contribution < 1.29 is 0 Å². The third-order valence-corrected chi connectivity index (χ3v) is 6.12. The number of nitrogens with one attached hydrogen (secondary N) is 1. The summed E-state index contributed by atoms with van der Waals surface area (Å²) < 4.78 is 0. The maximum Gasteiger partial charge on any atom is 0.0762 e. The lowest BCUT2D eigenvalue weighted by molar-refractivity contribution is 0.604. The van der Waals surface area contributed by atoms with E-state index in [1.165, 1.54) is 19.5 Å². The van der Waals surface area contributed by atoms with Gasteiger partial charge in [0.25, 0.3) is 0 Å². The highest BCUT2D eigenvalue weighted by molar-refractivity contribution is 7.13. The van der Waals surface area contributed by atoms with E-state index in [4.69, 9.17) is 0 Å². The highest BCUT2D eigenvalue weighted by Crippen LogP contribution is 2.36. The van der Waals surface area contributed by atoms with Gasteiger partial charge in [-0.25, -0.2) is 0 Å². The van der Waals surface area contributed by atoms with Gasteiger partial charge in [0.15, 0.2) is 0 Å². The van der Waals surface area contributed by atoms with Crippen LogP contribution in [0.4, 0.5) is 0 Å². The van der Waals surface area contributed by atoms with Crippen molar-refractivity contribution in [3.63, 3.8) is 0 Å². The summed E-state index contributed by atoms with van der Waals surface area (Å²) in [5.74, 6) is 0. The second-order valence-corrected chi connectivity index (χ2v) is 8.15. The lowest BCUT2D eigenvalue weighted by Crippen LogP contribution is -2.15. The van der Waals surface area contributed by atoms with Gasteiger partial charge in [-0.3, -0.25) is 0 Å². The van der Waals surface area contributed by atoms with Crippen LogP contribution in [0.5, 0.6) is 0 Å². The molecular formula is C16H23NS2. The molecule has 0 fully saturated rings. The highest BCUT2D eigenvalue weighted by Gasteiger charge is 2.20. The number of hydrogen-bond acceptors (Lipinski definition) is 3. The number of aryl methyl sites for hydroxylation is 1. The molecule has 0 saturated heterocycles. The molecule has 0 aliphatic carbocycles. The second-order valence-electron chi connectivity index (χ2n) is 5.83. The summed E-state index contributed by atoms with van der Waals surface area (Å²) in [6, 6.07) is 9.41. The molecule has 2 rings (SSSR count). The van der Waals surface area contributed by atoms with E-state index in [1.54, 1.807) is 0 Å². The van der Waals surface area contributed by atoms with Gasteiger partial charge < -0.3 is 5.32 Å². The minimum absolute atomic E-state index is 0.241. The maximum atomic E-state index is 3.46. The molecule has 0 aromatic carbocycles. The molecule has 104 valence electrons. The Balaban J connectivity index is 2.29. The second kappa shape index (κ2) is 5.78. The smallest absolute Gasteiger partial charge is 0.0762 e. The van der Waals surface area contributed by atoms with Crippen LogP contribution in [0.3, 0.4) is 0 Å².